The molecule has 0 unspecified atom stereocenters. The molecule has 0 aliphatic heterocycles. The summed E-state index contributed by atoms with van der Waals surface area (Å²) >= 11 is 4.86. The Kier molecular flexibility index (Phi) is 4.76. The van der Waals surface area contributed by atoms with Crippen LogP contribution in [0, 0.1) is 0 Å². The Bertz CT molecular complexity index is 707. The third-order valence-corrected chi connectivity index (χ3v) is 5.03. The molecule has 2 rings (SSSR count). The van der Waals surface area contributed by atoms with Gasteiger partial charge in [-0.15, -0.1) is 0 Å². The van der Waals surface area contributed by atoms with E-state index in [0.29, 0.717) is 16.3 Å². The normalized spacial score (nSPS) is 11.7. The molecule has 0 bridgehead atoms. The van der Waals surface area contributed by atoms with E-state index in [9.17, 15) is 8.42 Å². The second-order valence-electron chi connectivity index (χ2n) is 4.65. The zero-order valence-electron chi connectivity index (χ0n) is 11.5. The summed E-state index contributed by atoms with van der Waals surface area (Å²) < 4.78 is 31.0. The van der Waals surface area contributed by atoms with Crippen molar-refractivity contribution in [3.05, 3.63) is 59.5 Å². The Morgan fingerprint density at radius 2 is 1.95 bits per heavy atom. The first-order chi connectivity index (χ1) is 9.88. The molecule has 5 nitrogen and oxygen atoms in total. The lowest BCUT2D eigenvalue weighted by molar-refractivity contribution is 0.406. The lowest BCUT2D eigenvalue weighted by Gasteiger charge is -2.16. The van der Waals surface area contributed by atoms with E-state index in [4.69, 9.17) is 22.4 Å². The first kappa shape index (κ1) is 15.7. The number of thiocarbonyl (C=S) groups is 1. The number of furan rings is 1. The molecule has 0 spiro atoms. The van der Waals surface area contributed by atoms with Crippen LogP contribution >= 0.6 is 12.2 Å². The van der Waals surface area contributed by atoms with Gasteiger partial charge in [-0.2, -0.15) is 4.31 Å². The second-order valence-corrected chi connectivity index (χ2v) is 7.17. The molecule has 21 heavy (non-hydrogen) atoms. The maximum atomic E-state index is 12.3. The van der Waals surface area contributed by atoms with Crippen molar-refractivity contribution in [2.45, 2.75) is 12.3 Å². The largest absolute Gasteiger partial charge is 0.468 e. The standard InChI is InChI=1S/C14H16N2O3S2/c1-16(9-13-3-2-8-19-13)21(17,18)10-11-4-6-12(7-5-11)14(15)20/h2-8H,9-10H2,1H3,(H2,15,20). The third kappa shape index (κ3) is 4.13. The number of hydrogen-bond donors (Lipinski definition) is 1. The lowest BCUT2D eigenvalue weighted by atomic mass is 10.1. The van der Waals surface area contributed by atoms with Gasteiger partial charge < -0.3 is 10.2 Å². The summed E-state index contributed by atoms with van der Waals surface area (Å²) in [6.45, 7) is 0.209. The number of benzene rings is 1. The van der Waals surface area contributed by atoms with Crippen LogP contribution in [0.25, 0.3) is 0 Å². The summed E-state index contributed by atoms with van der Waals surface area (Å²) in [6.07, 6.45) is 1.52. The molecule has 2 aromatic rings. The van der Waals surface area contributed by atoms with Crippen LogP contribution in [0.1, 0.15) is 16.9 Å². The molecule has 0 saturated heterocycles. The minimum atomic E-state index is -3.41. The van der Waals surface area contributed by atoms with E-state index in [2.05, 4.69) is 0 Å². The molecule has 0 amide bonds. The lowest BCUT2D eigenvalue weighted by Crippen LogP contribution is -2.27. The highest BCUT2D eigenvalue weighted by molar-refractivity contribution is 7.88. The van der Waals surface area contributed by atoms with Gasteiger partial charge in [0.25, 0.3) is 0 Å². The molecule has 0 radical (unpaired) electrons. The van der Waals surface area contributed by atoms with Gasteiger partial charge in [-0.05, 0) is 17.7 Å². The van der Waals surface area contributed by atoms with E-state index in [1.807, 2.05) is 0 Å². The minimum absolute atomic E-state index is 0.0815. The topological polar surface area (TPSA) is 76.5 Å². The van der Waals surface area contributed by atoms with Crippen LogP contribution in [-0.4, -0.2) is 24.8 Å². The van der Waals surface area contributed by atoms with Gasteiger partial charge in [0.15, 0.2) is 0 Å². The van der Waals surface area contributed by atoms with Crippen molar-refractivity contribution in [2.75, 3.05) is 7.05 Å². The summed E-state index contributed by atoms with van der Waals surface area (Å²) in [5.74, 6) is 0.520. The van der Waals surface area contributed by atoms with Gasteiger partial charge in [0, 0.05) is 12.6 Å². The predicted molar refractivity (Wildman–Crippen MR) is 85.1 cm³/mol. The van der Waals surface area contributed by atoms with E-state index < -0.39 is 10.0 Å². The molecule has 112 valence electrons. The van der Waals surface area contributed by atoms with Crippen molar-refractivity contribution in [1.29, 1.82) is 0 Å². The van der Waals surface area contributed by atoms with Gasteiger partial charge in [0.2, 0.25) is 10.0 Å². The smallest absolute Gasteiger partial charge is 0.218 e. The van der Waals surface area contributed by atoms with Crippen LogP contribution in [0.3, 0.4) is 0 Å². The molecular weight excluding hydrogens is 308 g/mol. The van der Waals surface area contributed by atoms with Crippen LogP contribution in [0.2, 0.25) is 0 Å². The van der Waals surface area contributed by atoms with Gasteiger partial charge >= 0.3 is 0 Å². The molecule has 1 aromatic carbocycles. The molecular formula is C14H16N2O3S2. The summed E-state index contributed by atoms with van der Waals surface area (Å²) in [4.78, 5) is 0.291. The Morgan fingerprint density at radius 3 is 2.48 bits per heavy atom. The molecule has 0 aliphatic rings. The Morgan fingerprint density at radius 1 is 1.29 bits per heavy atom. The third-order valence-electron chi connectivity index (χ3n) is 3.02. The maximum Gasteiger partial charge on any atom is 0.218 e. The van der Waals surface area contributed by atoms with Crippen molar-refractivity contribution in [1.82, 2.24) is 4.31 Å². The molecule has 1 aromatic heterocycles. The van der Waals surface area contributed by atoms with Crippen molar-refractivity contribution in [2.24, 2.45) is 5.73 Å². The second kappa shape index (κ2) is 6.38. The molecule has 0 aliphatic carbocycles. The minimum Gasteiger partial charge on any atom is -0.468 e. The molecule has 0 atom stereocenters. The van der Waals surface area contributed by atoms with Crippen LogP contribution in [0.15, 0.2) is 47.1 Å². The summed E-state index contributed by atoms with van der Waals surface area (Å²) in [5.41, 5.74) is 6.91. The Labute approximate surface area is 129 Å². The average Bonchev–Trinajstić information content (AvgIpc) is 2.91. The average molecular weight is 324 g/mol. The number of rotatable bonds is 6. The van der Waals surface area contributed by atoms with Crippen LogP contribution in [0.4, 0.5) is 0 Å². The highest BCUT2D eigenvalue weighted by Crippen LogP contribution is 2.14. The molecule has 0 saturated carbocycles. The first-order valence-electron chi connectivity index (χ1n) is 6.23. The quantitative estimate of drug-likeness (QED) is 0.821. The van der Waals surface area contributed by atoms with E-state index in [1.165, 1.54) is 17.6 Å². The highest BCUT2D eigenvalue weighted by atomic mass is 32.2. The van der Waals surface area contributed by atoms with Crippen LogP contribution in [-0.2, 0) is 22.3 Å². The number of sulfonamides is 1. The van der Waals surface area contributed by atoms with Crippen LogP contribution < -0.4 is 5.73 Å². The Balaban J connectivity index is 2.07. The van der Waals surface area contributed by atoms with Gasteiger partial charge in [0.1, 0.15) is 10.7 Å². The summed E-state index contributed by atoms with van der Waals surface area (Å²) in [6, 6.07) is 10.3. The number of hydrogen-bond acceptors (Lipinski definition) is 4. The number of nitrogens with zero attached hydrogens (tertiary/aromatic N) is 1. The highest BCUT2D eigenvalue weighted by Gasteiger charge is 2.19. The van der Waals surface area contributed by atoms with E-state index in [-0.39, 0.29) is 12.3 Å². The zero-order chi connectivity index (χ0) is 15.5. The van der Waals surface area contributed by atoms with E-state index in [1.54, 1.807) is 36.4 Å². The maximum absolute atomic E-state index is 12.3. The first-order valence-corrected chi connectivity index (χ1v) is 8.25. The van der Waals surface area contributed by atoms with Crippen molar-refractivity contribution >= 4 is 27.2 Å². The van der Waals surface area contributed by atoms with Gasteiger partial charge in [-0.25, -0.2) is 8.42 Å². The zero-order valence-corrected chi connectivity index (χ0v) is 13.2. The SMILES string of the molecule is CN(Cc1ccco1)S(=O)(=O)Cc1ccc(C(N)=S)cc1. The van der Waals surface area contributed by atoms with Crippen molar-refractivity contribution in [3.8, 4) is 0 Å². The predicted octanol–water partition coefficient (Wildman–Crippen LogP) is 1.88. The molecule has 7 heteroatoms. The van der Waals surface area contributed by atoms with Gasteiger partial charge in [-0.1, -0.05) is 36.5 Å². The molecule has 2 N–H and O–H groups in total. The fourth-order valence-corrected chi connectivity index (χ4v) is 3.10. The van der Waals surface area contributed by atoms with Gasteiger partial charge in [0.05, 0.1) is 18.6 Å². The Hall–Kier alpha value is -1.70. The fourth-order valence-electron chi connectivity index (χ4n) is 1.81. The monoisotopic (exact) mass is 324 g/mol. The van der Waals surface area contributed by atoms with Gasteiger partial charge in [-0.3, -0.25) is 0 Å². The van der Waals surface area contributed by atoms with Crippen molar-refractivity contribution in [3.63, 3.8) is 0 Å². The van der Waals surface area contributed by atoms with E-state index >= 15 is 0 Å². The molecule has 1 heterocycles. The summed E-state index contributed by atoms with van der Waals surface area (Å²) in [5, 5.41) is 0. The van der Waals surface area contributed by atoms with E-state index in [0.717, 1.165) is 5.56 Å². The fraction of sp³-hybridized carbons (Fsp3) is 0.214. The van der Waals surface area contributed by atoms with Crippen LogP contribution in [0.5, 0.6) is 0 Å². The van der Waals surface area contributed by atoms with Crippen molar-refractivity contribution < 1.29 is 12.8 Å². The molecule has 0 fully saturated rings. The number of nitrogens with two attached hydrogens (primary N) is 1. The summed E-state index contributed by atoms with van der Waals surface area (Å²) in [7, 11) is -1.88.